The quantitative estimate of drug-likeness (QED) is 0.111. The highest BCUT2D eigenvalue weighted by Crippen LogP contribution is 2.44. The molecule has 3 amide bonds. The second-order valence-corrected chi connectivity index (χ2v) is 17.0. The molecule has 5 aromatic rings. The Morgan fingerprint density at radius 1 is 0.702 bits per heavy atom. The zero-order valence-corrected chi connectivity index (χ0v) is 34.4. The van der Waals surface area contributed by atoms with Crippen LogP contribution in [0.4, 0.5) is 11.4 Å². The summed E-state index contributed by atoms with van der Waals surface area (Å²) < 4.78 is 0. The number of benzene rings is 5. The molecule has 57 heavy (non-hydrogen) atoms. The molecule has 2 bridgehead atoms. The van der Waals surface area contributed by atoms with Gasteiger partial charge in [-0.05, 0) is 114 Å². The molecular formula is C51H50N2O4. The van der Waals surface area contributed by atoms with Gasteiger partial charge in [0.25, 0.3) is 17.7 Å². The third kappa shape index (κ3) is 5.83. The van der Waals surface area contributed by atoms with Crippen LogP contribution in [0.15, 0.2) is 89.5 Å². The molecule has 3 aliphatic rings. The summed E-state index contributed by atoms with van der Waals surface area (Å²) in [5.41, 5.74) is 10.9. The van der Waals surface area contributed by atoms with Gasteiger partial charge in [0.2, 0.25) is 0 Å². The summed E-state index contributed by atoms with van der Waals surface area (Å²) in [6.45, 7) is 17.0. The van der Waals surface area contributed by atoms with Crippen LogP contribution in [-0.2, 0) is 16.0 Å². The van der Waals surface area contributed by atoms with E-state index < -0.39 is 0 Å². The summed E-state index contributed by atoms with van der Waals surface area (Å²) in [6.07, 6.45) is 9.49. The maximum Gasteiger partial charge on any atom is 0.266 e. The third-order valence-corrected chi connectivity index (χ3v) is 12.3. The molecule has 8 rings (SSSR count). The topological polar surface area (TPSA) is 74.8 Å². The van der Waals surface area contributed by atoms with Crippen molar-refractivity contribution >= 4 is 69.1 Å². The molecule has 2 aliphatic carbocycles. The standard InChI is InChI=1S/C51H50N2O4/c1-27(2)32-12-10-13-33(28(3)4)47(32)52(9)49(55)40-21-18-37-39-20-23-42-46-41(22-19-38(45(39)46)36-17-16-31(24-25-54)43(40)26-44(36)37)50(56)53(51(42)57)48-34(29(5)6)14-11-15-35(48)30(7)8/h10-23,25,27-30H,24,26H2,1-9H3. The Morgan fingerprint density at radius 3 is 1.79 bits per heavy atom. The number of allylic oxidation sites excluding steroid dienone is 3. The van der Waals surface area contributed by atoms with Crippen LogP contribution in [-0.4, -0.2) is 31.1 Å². The summed E-state index contributed by atoms with van der Waals surface area (Å²) in [5.74, 6) is -0.187. The van der Waals surface area contributed by atoms with Crippen molar-refractivity contribution in [2.24, 2.45) is 0 Å². The number of para-hydroxylation sites is 2. The Bertz CT molecular complexity index is 2660. The molecule has 0 N–H and O–H groups in total. The van der Waals surface area contributed by atoms with Crippen LogP contribution in [0, 0.1) is 0 Å². The van der Waals surface area contributed by atoms with Crippen molar-refractivity contribution in [3.05, 3.63) is 139 Å². The van der Waals surface area contributed by atoms with Gasteiger partial charge in [0.05, 0.1) is 11.4 Å². The van der Waals surface area contributed by atoms with Gasteiger partial charge in [-0.3, -0.25) is 14.4 Å². The van der Waals surface area contributed by atoms with Crippen molar-refractivity contribution in [3.8, 4) is 0 Å². The Kier molecular flexibility index (Phi) is 9.50. The first-order chi connectivity index (χ1) is 27.3. The van der Waals surface area contributed by atoms with Crippen LogP contribution in [0.2, 0.25) is 0 Å². The van der Waals surface area contributed by atoms with E-state index in [1.54, 1.807) is 4.90 Å². The first-order valence-corrected chi connectivity index (χ1v) is 20.3. The molecule has 288 valence electrons. The average Bonchev–Trinajstić information content (AvgIpc) is 3.50. The van der Waals surface area contributed by atoms with E-state index in [9.17, 15) is 19.2 Å². The number of aldehydes is 1. The molecule has 0 fully saturated rings. The lowest BCUT2D eigenvalue weighted by Gasteiger charge is -2.32. The Labute approximate surface area is 335 Å². The normalized spacial score (nSPS) is 15.0. The fourth-order valence-electron chi connectivity index (χ4n) is 9.42. The first-order valence-electron chi connectivity index (χ1n) is 20.3. The molecule has 0 atom stereocenters. The van der Waals surface area contributed by atoms with Crippen LogP contribution in [0.5, 0.6) is 0 Å². The summed E-state index contributed by atoms with van der Waals surface area (Å²) in [4.78, 5) is 59.9. The molecule has 0 aromatic heterocycles. The lowest BCUT2D eigenvalue weighted by atomic mass is 9.83. The number of rotatable bonds is 9. The Balaban J connectivity index is 1.36. The van der Waals surface area contributed by atoms with Gasteiger partial charge >= 0.3 is 0 Å². The van der Waals surface area contributed by atoms with Crippen molar-refractivity contribution in [2.75, 3.05) is 16.8 Å². The second-order valence-electron chi connectivity index (χ2n) is 17.0. The summed E-state index contributed by atoms with van der Waals surface area (Å²) in [7, 11) is 1.86. The molecule has 0 spiro atoms. The number of carbonyl (C=O) groups excluding carboxylic acids is 4. The monoisotopic (exact) mass is 754 g/mol. The Hall–Kier alpha value is -5.88. The number of carbonyl (C=O) groups is 4. The number of amides is 3. The average molecular weight is 755 g/mol. The van der Waals surface area contributed by atoms with Gasteiger partial charge in [-0.25, -0.2) is 4.90 Å². The van der Waals surface area contributed by atoms with Gasteiger partial charge in [-0.2, -0.15) is 0 Å². The minimum absolute atomic E-state index is 0.0973. The highest BCUT2D eigenvalue weighted by molar-refractivity contribution is 6.39. The van der Waals surface area contributed by atoms with Gasteiger partial charge in [0, 0.05) is 35.6 Å². The van der Waals surface area contributed by atoms with Gasteiger partial charge in [0.1, 0.15) is 6.29 Å². The summed E-state index contributed by atoms with van der Waals surface area (Å²) in [5, 5.41) is 4.31. The smallest absolute Gasteiger partial charge is 0.266 e. The van der Waals surface area contributed by atoms with Crippen molar-refractivity contribution in [1.82, 2.24) is 0 Å². The molecule has 1 aliphatic heterocycles. The van der Waals surface area contributed by atoms with Gasteiger partial charge < -0.3 is 9.69 Å². The molecule has 6 nitrogen and oxygen atoms in total. The number of imide groups is 1. The van der Waals surface area contributed by atoms with Crippen molar-refractivity contribution in [2.45, 2.75) is 91.9 Å². The highest BCUT2D eigenvalue weighted by Gasteiger charge is 2.38. The minimum atomic E-state index is -0.326. The van der Waals surface area contributed by atoms with E-state index in [2.05, 4.69) is 79.7 Å². The summed E-state index contributed by atoms with van der Waals surface area (Å²) >= 11 is 0. The van der Waals surface area contributed by atoms with E-state index in [1.807, 2.05) is 67.7 Å². The zero-order valence-electron chi connectivity index (χ0n) is 34.4. The summed E-state index contributed by atoms with van der Waals surface area (Å²) in [6, 6.07) is 20.1. The fourth-order valence-corrected chi connectivity index (χ4v) is 9.42. The lowest BCUT2D eigenvalue weighted by molar-refractivity contribution is -0.114. The number of nitrogens with zero attached hydrogens (tertiary/aromatic N) is 2. The van der Waals surface area contributed by atoms with E-state index in [4.69, 9.17) is 0 Å². The van der Waals surface area contributed by atoms with Crippen LogP contribution >= 0.6 is 0 Å². The van der Waals surface area contributed by atoms with E-state index in [1.165, 1.54) is 4.90 Å². The molecule has 0 unspecified atom stereocenters. The van der Waals surface area contributed by atoms with Crippen molar-refractivity contribution < 1.29 is 19.2 Å². The largest absolute Gasteiger partial charge is 0.311 e. The van der Waals surface area contributed by atoms with Gasteiger partial charge in [0.15, 0.2) is 0 Å². The predicted molar refractivity (Wildman–Crippen MR) is 233 cm³/mol. The maximum atomic E-state index is 14.9. The van der Waals surface area contributed by atoms with E-state index in [0.29, 0.717) is 34.2 Å². The molecule has 6 heteroatoms. The second kappa shape index (κ2) is 14.3. The van der Waals surface area contributed by atoms with Gasteiger partial charge in [-0.15, -0.1) is 0 Å². The number of anilines is 2. The zero-order chi connectivity index (χ0) is 40.6. The molecule has 0 saturated heterocycles. The fraction of sp³-hybridized carbons (Fsp3) is 0.294. The van der Waals surface area contributed by atoms with Crippen molar-refractivity contribution in [1.29, 1.82) is 0 Å². The van der Waals surface area contributed by atoms with Crippen LogP contribution in [0.25, 0.3) is 33.7 Å². The SMILES string of the molecule is CC(C)c1cccc(C(C)C)c1N(C)C(=O)C1=CC=c2c3c(c4ccc5c6c(ccc2c46)C(=O)N(c2c(C(C)C)cccc2C(C)C)C5=O)C=CC(CC=O)=C1C3. The van der Waals surface area contributed by atoms with E-state index in [-0.39, 0.29) is 47.8 Å². The maximum absolute atomic E-state index is 14.9. The molecule has 5 aromatic carbocycles. The molecular weight excluding hydrogens is 705 g/mol. The first kappa shape index (κ1) is 38.0. The van der Waals surface area contributed by atoms with E-state index in [0.717, 1.165) is 77.9 Å². The lowest BCUT2D eigenvalue weighted by Crippen LogP contribution is -2.42. The number of likely N-dealkylation sites (N-methyl/N-ethyl adjacent to an activating group) is 1. The molecule has 0 saturated carbocycles. The van der Waals surface area contributed by atoms with Crippen LogP contribution in [0.1, 0.15) is 140 Å². The van der Waals surface area contributed by atoms with E-state index >= 15 is 0 Å². The van der Waals surface area contributed by atoms with Gasteiger partial charge in [-0.1, -0.05) is 122 Å². The predicted octanol–water partition coefficient (Wildman–Crippen LogP) is 10.8. The van der Waals surface area contributed by atoms with Crippen LogP contribution < -0.4 is 15.0 Å². The molecule has 1 heterocycles. The van der Waals surface area contributed by atoms with Crippen LogP contribution in [0.3, 0.4) is 0 Å². The highest BCUT2D eigenvalue weighted by atomic mass is 16.2. The number of hydrogen-bond donors (Lipinski definition) is 0. The third-order valence-electron chi connectivity index (χ3n) is 12.3. The number of hydrogen-bond acceptors (Lipinski definition) is 4. The van der Waals surface area contributed by atoms with Crippen molar-refractivity contribution in [3.63, 3.8) is 0 Å². The minimum Gasteiger partial charge on any atom is -0.311 e. The number of fused-ring (bicyclic) bond motifs is 3. The molecule has 0 radical (unpaired) electrons. The Morgan fingerprint density at radius 2 is 1.25 bits per heavy atom.